The lowest BCUT2D eigenvalue weighted by atomic mass is 10.2. The molecule has 108 valence electrons. The summed E-state index contributed by atoms with van der Waals surface area (Å²) in [5, 5.41) is 3.22. The topological polar surface area (TPSA) is 51.1 Å². The Morgan fingerprint density at radius 3 is 2.40 bits per heavy atom. The summed E-state index contributed by atoms with van der Waals surface area (Å²) in [5.41, 5.74) is 4.20. The number of aryl methyl sites for hydroxylation is 1. The molecule has 0 atom stereocenters. The molecule has 0 bridgehead atoms. The van der Waals surface area contributed by atoms with Crippen molar-refractivity contribution in [2.24, 2.45) is 7.05 Å². The van der Waals surface area contributed by atoms with E-state index in [2.05, 4.69) is 29.8 Å². The predicted molar refractivity (Wildman–Crippen MR) is 81.8 cm³/mol. The number of aromatic nitrogens is 1. The van der Waals surface area contributed by atoms with Gasteiger partial charge in [-0.15, -0.1) is 0 Å². The molecule has 0 saturated heterocycles. The minimum absolute atomic E-state index is 0.338. The number of hydrogen-bond acceptors (Lipinski definition) is 3. The van der Waals surface area contributed by atoms with Crippen molar-refractivity contribution in [2.45, 2.75) is 25.3 Å². The Balaban J connectivity index is 2.26. The molecule has 0 radical (unpaired) electrons. The quantitative estimate of drug-likeness (QED) is 0.942. The molecule has 5 heteroatoms. The minimum atomic E-state index is -3.22. The van der Waals surface area contributed by atoms with E-state index < -0.39 is 9.84 Å². The van der Waals surface area contributed by atoms with E-state index in [-0.39, 0.29) is 0 Å². The van der Waals surface area contributed by atoms with Crippen molar-refractivity contribution in [3.8, 4) is 0 Å². The zero-order valence-corrected chi connectivity index (χ0v) is 13.1. The maximum atomic E-state index is 11.7. The smallest absolute Gasteiger partial charge is 0.177 e. The van der Waals surface area contributed by atoms with Gasteiger partial charge in [0.05, 0.1) is 10.6 Å². The average molecular weight is 292 g/mol. The van der Waals surface area contributed by atoms with Gasteiger partial charge in [-0.1, -0.05) is 12.1 Å². The van der Waals surface area contributed by atoms with E-state index in [0.29, 0.717) is 17.1 Å². The Bertz CT molecular complexity index is 730. The number of nitrogens with one attached hydrogen (secondary N) is 1. The lowest BCUT2D eigenvalue weighted by molar-refractivity contribution is 0.602. The number of anilines is 1. The van der Waals surface area contributed by atoms with Gasteiger partial charge in [-0.05, 0) is 37.6 Å². The van der Waals surface area contributed by atoms with Gasteiger partial charge in [0, 0.05) is 31.2 Å². The Hall–Kier alpha value is -1.75. The summed E-state index contributed by atoms with van der Waals surface area (Å²) in [7, 11) is -1.19. The standard InChI is InChI=1S/C15H20N2O2S/c1-11-9-13(12(2)17(11)3)10-16-14-7-5-6-8-15(14)20(4,18)19/h5-9,16H,10H2,1-4H3. The van der Waals surface area contributed by atoms with Crippen LogP contribution in [0.25, 0.3) is 0 Å². The van der Waals surface area contributed by atoms with Gasteiger partial charge >= 0.3 is 0 Å². The lowest BCUT2D eigenvalue weighted by Crippen LogP contribution is -2.06. The molecule has 1 N–H and O–H groups in total. The molecule has 1 heterocycles. The fraction of sp³-hybridized carbons (Fsp3) is 0.333. The van der Waals surface area contributed by atoms with E-state index in [1.807, 2.05) is 13.1 Å². The molecule has 0 aliphatic heterocycles. The van der Waals surface area contributed by atoms with Crippen LogP contribution >= 0.6 is 0 Å². The highest BCUT2D eigenvalue weighted by molar-refractivity contribution is 7.90. The monoisotopic (exact) mass is 292 g/mol. The van der Waals surface area contributed by atoms with Crippen molar-refractivity contribution in [3.63, 3.8) is 0 Å². The second-order valence-electron chi connectivity index (χ2n) is 5.08. The van der Waals surface area contributed by atoms with E-state index in [1.54, 1.807) is 18.2 Å². The molecule has 1 aromatic carbocycles. The molecule has 2 rings (SSSR count). The van der Waals surface area contributed by atoms with E-state index in [4.69, 9.17) is 0 Å². The third kappa shape index (κ3) is 2.88. The Labute approximate surface area is 120 Å². The molecular formula is C15H20N2O2S. The fourth-order valence-electron chi connectivity index (χ4n) is 2.24. The summed E-state index contributed by atoms with van der Waals surface area (Å²) in [6.07, 6.45) is 1.23. The van der Waals surface area contributed by atoms with Crippen molar-refractivity contribution in [1.29, 1.82) is 0 Å². The van der Waals surface area contributed by atoms with E-state index in [0.717, 1.165) is 0 Å². The van der Waals surface area contributed by atoms with Gasteiger partial charge in [0.2, 0.25) is 0 Å². The van der Waals surface area contributed by atoms with Crippen LogP contribution in [-0.4, -0.2) is 19.2 Å². The van der Waals surface area contributed by atoms with E-state index in [9.17, 15) is 8.42 Å². The van der Waals surface area contributed by atoms with Gasteiger partial charge in [0.1, 0.15) is 0 Å². The fourth-order valence-corrected chi connectivity index (χ4v) is 3.10. The molecule has 1 aromatic heterocycles. The first kappa shape index (κ1) is 14.7. The molecule has 0 unspecified atom stereocenters. The Morgan fingerprint density at radius 1 is 1.20 bits per heavy atom. The van der Waals surface area contributed by atoms with Gasteiger partial charge in [0.25, 0.3) is 0 Å². The number of nitrogens with zero attached hydrogens (tertiary/aromatic N) is 1. The summed E-state index contributed by atoms with van der Waals surface area (Å²) < 4.78 is 25.6. The Kier molecular flexibility index (Phi) is 3.90. The SMILES string of the molecule is Cc1cc(CNc2ccccc2S(C)(=O)=O)c(C)n1C. The van der Waals surface area contributed by atoms with Crippen molar-refractivity contribution < 1.29 is 8.42 Å². The molecule has 2 aromatic rings. The molecule has 0 aliphatic carbocycles. The molecule has 4 nitrogen and oxygen atoms in total. The second-order valence-corrected chi connectivity index (χ2v) is 7.06. The summed E-state index contributed by atoms with van der Waals surface area (Å²) in [5.74, 6) is 0. The maximum Gasteiger partial charge on any atom is 0.177 e. The second kappa shape index (κ2) is 5.32. The first-order valence-electron chi connectivity index (χ1n) is 6.45. The zero-order chi connectivity index (χ0) is 14.9. The first-order chi connectivity index (χ1) is 9.30. The van der Waals surface area contributed by atoms with E-state index >= 15 is 0 Å². The minimum Gasteiger partial charge on any atom is -0.380 e. The first-order valence-corrected chi connectivity index (χ1v) is 8.34. The number of para-hydroxylation sites is 1. The van der Waals surface area contributed by atoms with Crippen LogP contribution in [0.1, 0.15) is 17.0 Å². The van der Waals surface area contributed by atoms with Crippen LogP contribution in [0, 0.1) is 13.8 Å². The van der Waals surface area contributed by atoms with Gasteiger partial charge in [-0.3, -0.25) is 0 Å². The molecule has 20 heavy (non-hydrogen) atoms. The third-order valence-corrected chi connectivity index (χ3v) is 4.79. The van der Waals surface area contributed by atoms with Crippen LogP contribution in [0.15, 0.2) is 35.2 Å². The maximum absolute atomic E-state index is 11.7. The van der Waals surface area contributed by atoms with Crippen LogP contribution in [0.3, 0.4) is 0 Å². The average Bonchev–Trinajstić information content (AvgIpc) is 2.63. The van der Waals surface area contributed by atoms with Gasteiger partial charge < -0.3 is 9.88 Å². The summed E-state index contributed by atoms with van der Waals surface area (Å²) >= 11 is 0. The number of hydrogen-bond donors (Lipinski definition) is 1. The molecule has 0 aliphatic rings. The molecular weight excluding hydrogens is 272 g/mol. The zero-order valence-electron chi connectivity index (χ0n) is 12.3. The van der Waals surface area contributed by atoms with Crippen LogP contribution in [0.2, 0.25) is 0 Å². The van der Waals surface area contributed by atoms with Crippen molar-refractivity contribution in [3.05, 3.63) is 47.3 Å². The molecule has 0 amide bonds. The summed E-state index contributed by atoms with van der Waals surface area (Å²) in [6, 6.07) is 9.10. The van der Waals surface area contributed by atoms with Crippen molar-refractivity contribution >= 4 is 15.5 Å². The summed E-state index contributed by atoms with van der Waals surface area (Å²) in [4.78, 5) is 0.338. The third-order valence-electron chi connectivity index (χ3n) is 3.64. The van der Waals surface area contributed by atoms with Crippen molar-refractivity contribution in [1.82, 2.24) is 4.57 Å². The van der Waals surface area contributed by atoms with Crippen LogP contribution < -0.4 is 5.32 Å². The number of sulfone groups is 1. The van der Waals surface area contributed by atoms with Crippen LogP contribution in [0.4, 0.5) is 5.69 Å². The van der Waals surface area contributed by atoms with Crippen molar-refractivity contribution in [2.75, 3.05) is 11.6 Å². The van der Waals surface area contributed by atoms with Gasteiger partial charge in [0.15, 0.2) is 9.84 Å². The van der Waals surface area contributed by atoms with Gasteiger partial charge in [-0.25, -0.2) is 8.42 Å². The highest BCUT2D eigenvalue weighted by Gasteiger charge is 2.13. The normalized spacial score (nSPS) is 11.6. The Morgan fingerprint density at radius 2 is 1.85 bits per heavy atom. The lowest BCUT2D eigenvalue weighted by Gasteiger charge is -2.11. The number of rotatable bonds is 4. The summed E-state index contributed by atoms with van der Waals surface area (Å²) in [6.45, 7) is 4.73. The number of benzene rings is 1. The highest BCUT2D eigenvalue weighted by Crippen LogP contribution is 2.22. The van der Waals surface area contributed by atoms with Gasteiger partial charge in [-0.2, -0.15) is 0 Å². The largest absolute Gasteiger partial charge is 0.380 e. The van der Waals surface area contributed by atoms with Crippen LogP contribution in [-0.2, 0) is 23.4 Å². The predicted octanol–water partition coefficient (Wildman–Crippen LogP) is 2.66. The van der Waals surface area contributed by atoms with E-state index in [1.165, 1.54) is 23.2 Å². The molecule has 0 fully saturated rings. The highest BCUT2D eigenvalue weighted by atomic mass is 32.2. The molecule has 0 spiro atoms. The van der Waals surface area contributed by atoms with Crippen LogP contribution in [0.5, 0.6) is 0 Å². The molecule has 0 saturated carbocycles.